The molecule has 0 bridgehead atoms. The van der Waals surface area contributed by atoms with Gasteiger partial charge in [0.25, 0.3) is 5.91 Å². The highest BCUT2D eigenvalue weighted by Crippen LogP contribution is 2.35. The summed E-state index contributed by atoms with van der Waals surface area (Å²) >= 11 is 0. The number of carbonyl (C=O) groups excluding carboxylic acids is 1. The predicted molar refractivity (Wildman–Crippen MR) is 92.9 cm³/mol. The van der Waals surface area contributed by atoms with E-state index in [0.29, 0.717) is 5.75 Å². The molecule has 4 rings (SSSR count). The zero-order chi connectivity index (χ0) is 16.7. The average Bonchev–Trinajstić information content (AvgIpc) is 2.59. The highest BCUT2D eigenvalue weighted by molar-refractivity contribution is 5.98. The number of anilines is 3. The fourth-order valence-electron chi connectivity index (χ4n) is 2.76. The van der Waals surface area contributed by atoms with Gasteiger partial charge in [0.2, 0.25) is 0 Å². The Morgan fingerprint density at radius 2 is 2.04 bits per heavy atom. The number of rotatable bonds is 2. The normalized spacial score (nSPS) is 13.6. The summed E-state index contributed by atoms with van der Waals surface area (Å²) in [4.78, 5) is 22.1. The van der Waals surface area contributed by atoms with Crippen molar-refractivity contribution in [2.24, 2.45) is 0 Å². The van der Waals surface area contributed by atoms with Crippen molar-refractivity contribution < 1.29 is 9.53 Å². The molecule has 0 saturated heterocycles. The summed E-state index contributed by atoms with van der Waals surface area (Å²) in [6, 6.07) is 11.7. The van der Waals surface area contributed by atoms with Crippen LogP contribution in [0.25, 0.3) is 10.9 Å². The van der Waals surface area contributed by atoms with Gasteiger partial charge < -0.3 is 15.0 Å². The van der Waals surface area contributed by atoms with Gasteiger partial charge in [0.1, 0.15) is 17.9 Å². The van der Waals surface area contributed by atoms with Crippen molar-refractivity contribution in [1.82, 2.24) is 9.97 Å². The molecule has 1 aliphatic rings. The van der Waals surface area contributed by atoms with Gasteiger partial charge in [-0.2, -0.15) is 0 Å². The van der Waals surface area contributed by atoms with Crippen LogP contribution in [0.2, 0.25) is 0 Å². The van der Waals surface area contributed by atoms with E-state index in [1.807, 2.05) is 37.3 Å². The minimum absolute atomic E-state index is 0.0669. The summed E-state index contributed by atoms with van der Waals surface area (Å²) in [6.45, 7) is 2.11. The van der Waals surface area contributed by atoms with Crippen LogP contribution in [0.1, 0.15) is 5.56 Å². The van der Waals surface area contributed by atoms with Crippen LogP contribution < -0.4 is 15.0 Å². The van der Waals surface area contributed by atoms with Crippen molar-refractivity contribution in [1.29, 1.82) is 0 Å². The highest BCUT2D eigenvalue weighted by atomic mass is 16.5. The van der Waals surface area contributed by atoms with E-state index in [1.165, 1.54) is 6.33 Å². The maximum atomic E-state index is 11.8. The third-order valence-corrected chi connectivity index (χ3v) is 4.10. The minimum atomic E-state index is -0.0669. The molecular formula is C18H16N4O2. The lowest BCUT2D eigenvalue weighted by Gasteiger charge is -2.26. The van der Waals surface area contributed by atoms with E-state index in [-0.39, 0.29) is 12.5 Å². The Morgan fingerprint density at radius 3 is 2.92 bits per heavy atom. The van der Waals surface area contributed by atoms with Crippen molar-refractivity contribution in [2.75, 3.05) is 23.9 Å². The van der Waals surface area contributed by atoms with Crippen LogP contribution in [0.4, 0.5) is 17.2 Å². The molecule has 1 aromatic heterocycles. The Labute approximate surface area is 139 Å². The number of nitrogens with one attached hydrogen (secondary N) is 1. The van der Waals surface area contributed by atoms with Gasteiger partial charge in [-0.3, -0.25) is 4.79 Å². The predicted octanol–water partition coefficient (Wildman–Crippen LogP) is 3.04. The lowest BCUT2D eigenvalue weighted by molar-refractivity contribution is -0.120. The second-order valence-electron chi connectivity index (χ2n) is 5.79. The van der Waals surface area contributed by atoms with Gasteiger partial charge in [0.05, 0.1) is 11.2 Å². The highest BCUT2D eigenvalue weighted by Gasteiger charge is 2.22. The number of amides is 1. The van der Waals surface area contributed by atoms with Gasteiger partial charge in [0.15, 0.2) is 6.61 Å². The van der Waals surface area contributed by atoms with Gasteiger partial charge >= 0.3 is 0 Å². The Bertz CT molecular complexity index is 955. The van der Waals surface area contributed by atoms with E-state index >= 15 is 0 Å². The maximum Gasteiger partial charge on any atom is 0.264 e. The molecule has 6 heteroatoms. The zero-order valence-electron chi connectivity index (χ0n) is 13.4. The molecule has 1 aliphatic heterocycles. The molecule has 0 atom stereocenters. The summed E-state index contributed by atoms with van der Waals surface area (Å²) in [6.07, 6.45) is 1.54. The van der Waals surface area contributed by atoms with Crippen LogP contribution in [0.3, 0.4) is 0 Å². The first-order valence-electron chi connectivity index (χ1n) is 7.63. The molecule has 2 heterocycles. The van der Waals surface area contributed by atoms with Crippen LogP contribution in [-0.4, -0.2) is 29.5 Å². The molecule has 0 aliphatic carbocycles. The smallest absolute Gasteiger partial charge is 0.264 e. The van der Waals surface area contributed by atoms with Crippen LogP contribution >= 0.6 is 0 Å². The third kappa shape index (κ3) is 2.42. The molecule has 120 valence electrons. The summed E-state index contributed by atoms with van der Waals surface area (Å²) < 4.78 is 5.45. The van der Waals surface area contributed by atoms with Crippen molar-refractivity contribution in [3.8, 4) is 5.75 Å². The van der Waals surface area contributed by atoms with E-state index in [1.54, 1.807) is 11.9 Å². The van der Waals surface area contributed by atoms with Gasteiger partial charge in [-0.15, -0.1) is 0 Å². The Hall–Kier alpha value is -3.15. The molecule has 2 aromatic carbocycles. The molecule has 3 aromatic rings. The number of hydrogen-bond donors (Lipinski definition) is 1. The molecular weight excluding hydrogens is 304 g/mol. The molecule has 0 radical (unpaired) electrons. The summed E-state index contributed by atoms with van der Waals surface area (Å²) in [5, 5.41) is 4.27. The lowest BCUT2D eigenvalue weighted by Crippen LogP contribution is -2.35. The monoisotopic (exact) mass is 320 g/mol. The van der Waals surface area contributed by atoms with Crippen molar-refractivity contribution in [3.63, 3.8) is 0 Å². The van der Waals surface area contributed by atoms with Crippen LogP contribution in [0.15, 0.2) is 42.7 Å². The van der Waals surface area contributed by atoms with E-state index in [4.69, 9.17) is 4.74 Å². The van der Waals surface area contributed by atoms with Crippen LogP contribution in [-0.2, 0) is 4.79 Å². The van der Waals surface area contributed by atoms with Crippen molar-refractivity contribution >= 4 is 34.0 Å². The number of nitrogens with zero attached hydrogens (tertiary/aromatic N) is 3. The average molecular weight is 320 g/mol. The number of aryl methyl sites for hydroxylation is 1. The van der Waals surface area contributed by atoms with Crippen molar-refractivity contribution in [2.45, 2.75) is 6.92 Å². The largest absolute Gasteiger partial charge is 0.482 e. The molecule has 0 unspecified atom stereocenters. The van der Waals surface area contributed by atoms with Crippen LogP contribution in [0.5, 0.6) is 5.75 Å². The number of ether oxygens (including phenoxy) is 1. The number of carbonyl (C=O) groups is 1. The second-order valence-corrected chi connectivity index (χ2v) is 5.79. The van der Waals surface area contributed by atoms with E-state index in [2.05, 4.69) is 21.4 Å². The van der Waals surface area contributed by atoms with Gasteiger partial charge in [-0.25, -0.2) is 9.97 Å². The number of hydrogen-bond acceptors (Lipinski definition) is 5. The third-order valence-electron chi connectivity index (χ3n) is 4.10. The fourth-order valence-corrected chi connectivity index (χ4v) is 2.76. The molecule has 0 saturated carbocycles. The van der Waals surface area contributed by atoms with Gasteiger partial charge in [0, 0.05) is 18.1 Å². The summed E-state index contributed by atoms with van der Waals surface area (Å²) in [5.74, 6) is 1.36. The van der Waals surface area contributed by atoms with Crippen LogP contribution in [0, 0.1) is 6.92 Å². The number of fused-ring (bicyclic) bond motifs is 2. The van der Waals surface area contributed by atoms with E-state index < -0.39 is 0 Å². The maximum absolute atomic E-state index is 11.8. The molecule has 0 spiro atoms. The summed E-state index contributed by atoms with van der Waals surface area (Å²) in [7, 11) is 1.75. The topological polar surface area (TPSA) is 67.4 Å². The fraction of sp³-hybridized carbons (Fsp3) is 0.167. The Balaban J connectivity index is 1.74. The number of aromatic nitrogens is 2. The first-order chi connectivity index (χ1) is 11.6. The molecule has 24 heavy (non-hydrogen) atoms. The van der Waals surface area contributed by atoms with Crippen molar-refractivity contribution in [3.05, 3.63) is 48.3 Å². The number of likely N-dealkylation sites (N-methyl/N-ethyl adjacent to an activating group) is 1. The quantitative estimate of drug-likeness (QED) is 0.786. The molecule has 1 amide bonds. The van der Waals surface area contributed by atoms with Gasteiger partial charge in [-0.1, -0.05) is 11.6 Å². The van der Waals surface area contributed by atoms with Gasteiger partial charge in [-0.05, 0) is 37.3 Å². The van der Waals surface area contributed by atoms with E-state index in [9.17, 15) is 4.79 Å². The minimum Gasteiger partial charge on any atom is -0.482 e. The summed E-state index contributed by atoms with van der Waals surface area (Å²) in [5.41, 5.74) is 3.60. The zero-order valence-corrected chi connectivity index (χ0v) is 13.4. The standard InChI is InChI=1S/C18H16N4O2/c1-11-3-5-14-13(7-11)18(20-10-19-14)21-12-4-6-16-15(8-12)22(2)17(23)9-24-16/h3-8,10H,9H2,1-2H3,(H,19,20,21). The molecule has 0 fully saturated rings. The van der Waals surface area contributed by atoms with E-state index in [0.717, 1.165) is 33.7 Å². The molecule has 1 N–H and O–H groups in total. The first kappa shape index (κ1) is 14.4. The Kier molecular flexibility index (Phi) is 3.30. The Morgan fingerprint density at radius 1 is 1.17 bits per heavy atom. The molecule has 6 nitrogen and oxygen atoms in total. The first-order valence-corrected chi connectivity index (χ1v) is 7.63. The second kappa shape index (κ2) is 5.49. The number of benzene rings is 2. The SMILES string of the molecule is Cc1ccc2ncnc(Nc3ccc4c(c3)N(C)C(=O)CO4)c2c1. The lowest BCUT2D eigenvalue weighted by atomic mass is 10.1.